The highest BCUT2D eigenvalue weighted by Gasteiger charge is 2.22. The van der Waals surface area contributed by atoms with Gasteiger partial charge in [-0.05, 0) is 18.2 Å². The van der Waals surface area contributed by atoms with E-state index in [1.165, 1.54) is 0 Å². The Morgan fingerprint density at radius 2 is 1.68 bits per heavy atom. The zero-order valence-electron chi connectivity index (χ0n) is 10.4. The van der Waals surface area contributed by atoms with Crippen LogP contribution in [0.15, 0.2) is 27.1 Å². The minimum Gasteiger partial charge on any atom is -0.336 e. The summed E-state index contributed by atoms with van der Waals surface area (Å²) in [7, 11) is 0. The summed E-state index contributed by atoms with van der Waals surface area (Å²) in [4.78, 5) is 16.6. The van der Waals surface area contributed by atoms with Crippen LogP contribution in [-0.4, -0.2) is 54.3 Å². The van der Waals surface area contributed by atoms with E-state index in [9.17, 15) is 4.79 Å². The van der Waals surface area contributed by atoms with E-state index in [2.05, 4.69) is 36.8 Å². The van der Waals surface area contributed by atoms with Crippen LogP contribution >= 0.6 is 43.5 Å². The molecule has 0 aliphatic carbocycles. The fourth-order valence-electron chi connectivity index (χ4n) is 2.15. The number of piperazine rings is 1. The molecule has 3 nitrogen and oxygen atoms in total. The summed E-state index contributed by atoms with van der Waals surface area (Å²) < 4.78 is 1.82. The van der Waals surface area contributed by atoms with Crippen molar-refractivity contribution in [1.82, 2.24) is 9.80 Å². The largest absolute Gasteiger partial charge is 0.336 e. The molecule has 1 aromatic carbocycles. The second-order valence-electron chi connectivity index (χ2n) is 4.48. The molecule has 1 heterocycles. The van der Waals surface area contributed by atoms with Gasteiger partial charge in [0.25, 0.3) is 5.91 Å². The van der Waals surface area contributed by atoms with Gasteiger partial charge >= 0.3 is 0 Å². The minimum atomic E-state index is 0.0903. The van der Waals surface area contributed by atoms with Crippen LogP contribution in [-0.2, 0) is 0 Å². The second kappa shape index (κ2) is 7.07. The van der Waals surface area contributed by atoms with Crippen LogP contribution in [0.2, 0.25) is 0 Å². The Morgan fingerprint density at radius 3 is 2.21 bits per heavy atom. The van der Waals surface area contributed by atoms with Crippen LogP contribution in [0.25, 0.3) is 0 Å². The van der Waals surface area contributed by atoms with Crippen molar-refractivity contribution in [2.24, 2.45) is 0 Å². The number of carbonyl (C=O) groups is 1. The predicted octanol–water partition coefficient (Wildman–Crippen LogP) is 3.21. The van der Waals surface area contributed by atoms with Gasteiger partial charge in [-0.2, -0.15) is 0 Å². The highest BCUT2D eigenvalue weighted by atomic mass is 79.9. The zero-order valence-corrected chi connectivity index (χ0v) is 14.3. The number of benzene rings is 1. The maximum Gasteiger partial charge on any atom is 0.254 e. The number of alkyl halides is 1. The monoisotopic (exact) mass is 408 g/mol. The Kier molecular flexibility index (Phi) is 5.69. The van der Waals surface area contributed by atoms with Gasteiger partial charge in [-0.3, -0.25) is 9.69 Å². The van der Waals surface area contributed by atoms with Crippen molar-refractivity contribution in [2.45, 2.75) is 0 Å². The quantitative estimate of drug-likeness (QED) is 0.715. The van der Waals surface area contributed by atoms with E-state index in [1.54, 1.807) is 0 Å². The highest BCUT2D eigenvalue weighted by Crippen LogP contribution is 2.21. The lowest BCUT2D eigenvalue weighted by molar-refractivity contribution is 0.0644. The number of rotatable bonds is 3. The van der Waals surface area contributed by atoms with Crippen molar-refractivity contribution in [3.05, 3.63) is 32.7 Å². The molecule has 1 amide bonds. The third-order valence-corrected chi connectivity index (χ3v) is 4.25. The Hall–Kier alpha value is -0.100. The molecule has 1 saturated heterocycles. The molecule has 1 aromatic rings. The molecule has 6 heteroatoms. The second-order valence-corrected chi connectivity index (χ2v) is 6.69. The average molecular weight is 411 g/mol. The van der Waals surface area contributed by atoms with Crippen LogP contribution in [0.3, 0.4) is 0 Å². The minimum absolute atomic E-state index is 0.0903. The Labute approximate surface area is 135 Å². The number of hydrogen-bond acceptors (Lipinski definition) is 2. The summed E-state index contributed by atoms with van der Waals surface area (Å²) in [6.45, 7) is 4.22. The summed E-state index contributed by atoms with van der Waals surface area (Å²) in [5.74, 6) is 0.736. The topological polar surface area (TPSA) is 23.6 Å². The van der Waals surface area contributed by atoms with E-state index in [4.69, 9.17) is 11.6 Å². The van der Waals surface area contributed by atoms with Gasteiger partial charge in [0.2, 0.25) is 0 Å². The fraction of sp³-hybridized carbons (Fsp3) is 0.462. The van der Waals surface area contributed by atoms with Crippen molar-refractivity contribution in [2.75, 3.05) is 38.6 Å². The number of carbonyl (C=O) groups excluding carboxylic acids is 1. The fourth-order valence-corrected chi connectivity index (χ4v) is 3.69. The normalized spacial score (nSPS) is 16.7. The number of halogens is 3. The first-order valence-electron chi connectivity index (χ1n) is 6.14. The van der Waals surface area contributed by atoms with E-state index in [0.717, 1.165) is 41.7 Å². The van der Waals surface area contributed by atoms with Crippen molar-refractivity contribution < 1.29 is 4.79 Å². The lowest BCUT2D eigenvalue weighted by atomic mass is 10.2. The number of nitrogens with zero attached hydrogens (tertiary/aromatic N) is 2. The molecule has 1 aliphatic heterocycles. The van der Waals surface area contributed by atoms with E-state index in [-0.39, 0.29) is 5.91 Å². The van der Waals surface area contributed by atoms with Crippen LogP contribution < -0.4 is 0 Å². The van der Waals surface area contributed by atoms with Crippen molar-refractivity contribution in [1.29, 1.82) is 0 Å². The summed E-state index contributed by atoms with van der Waals surface area (Å²) >= 11 is 12.6. The van der Waals surface area contributed by atoms with Crippen LogP contribution in [0.5, 0.6) is 0 Å². The van der Waals surface area contributed by atoms with E-state index >= 15 is 0 Å². The van der Waals surface area contributed by atoms with Crippen LogP contribution in [0.4, 0.5) is 0 Å². The first-order valence-corrected chi connectivity index (χ1v) is 8.26. The highest BCUT2D eigenvalue weighted by molar-refractivity contribution is 9.11. The van der Waals surface area contributed by atoms with Gasteiger partial charge in [0.05, 0.1) is 0 Å². The van der Waals surface area contributed by atoms with Crippen LogP contribution in [0.1, 0.15) is 10.4 Å². The maximum atomic E-state index is 12.4. The molecular weight excluding hydrogens is 395 g/mol. The first kappa shape index (κ1) is 15.3. The maximum absolute atomic E-state index is 12.4. The summed E-state index contributed by atoms with van der Waals surface area (Å²) in [5.41, 5.74) is 0.715. The Balaban J connectivity index is 2.01. The molecule has 0 spiro atoms. The lowest BCUT2D eigenvalue weighted by Crippen LogP contribution is -2.49. The molecule has 0 saturated carbocycles. The average Bonchev–Trinajstić information content (AvgIpc) is 2.38. The molecule has 104 valence electrons. The first-order chi connectivity index (χ1) is 9.10. The van der Waals surface area contributed by atoms with Gasteiger partial charge in [-0.15, -0.1) is 11.6 Å². The smallest absolute Gasteiger partial charge is 0.254 e. The number of amides is 1. The summed E-state index contributed by atoms with van der Waals surface area (Å²) in [5, 5.41) is 0. The van der Waals surface area contributed by atoms with E-state index in [0.29, 0.717) is 11.4 Å². The van der Waals surface area contributed by atoms with Gasteiger partial charge < -0.3 is 4.90 Å². The molecule has 1 aliphatic rings. The predicted molar refractivity (Wildman–Crippen MR) is 84.9 cm³/mol. The van der Waals surface area contributed by atoms with Gasteiger partial charge in [-0.1, -0.05) is 31.9 Å². The zero-order chi connectivity index (χ0) is 13.8. The van der Waals surface area contributed by atoms with E-state index < -0.39 is 0 Å². The Morgan fingerprint density at radius 1 is 1.11 bits per heavy atom. The molecule has 0 N–H and O–H groups in total. The van der Waals surface area contributed by atoms with Gasteiger partial charge in [0, 0.05) is 53.1 Å². The summed E-state index contributed by atoms with van der Waals surface area (Å²) in [6, 6.07) is 5.64. The molecule has 0 aromatic heterocycles. The third kappa shape index (κ3) is 4.18. The van der Waals surface area contributed by atoms with Gasteiger partial charge in [0.15, 0.2) is 0 Å². The van der Waals surface area contributed by atoms with Gasteiger partial charge in [-0.25, -0.2) is 0 Å². The molecule has 0 atom stereocenters. The molecule has 0 bridgehead atoms. The SMILES string of the molecule is O=C(c1cc(Br)cc(Br)c1)N1CCN(CCCl)CC1. The van der Waals surface area contributed by atoms with Gasteiger partial charge in [0.1, 0.15) is 0 Å². The van der Waals surface area contributed by atoms with Crippen molar-refractivity contribution >= 4 is 49.4 Å². The Bertz CT molecular complexity index is 442. The molecular formula is C13H15Br2ClN2O. The van der Waals surface area contributed by atoms with Crippen LogP contribution in [0, 0.1) is 0 Å². The summed E-state index contributed by atoms with van der Waals surface area (Å²) in [6.07, 6.45) is 0. The lowest BCUT2D eigenvalue weighted by Gasteiger charge is -2.34. The third-order valence-electron chi connectivity index (χ3n) is 3.17. The van der Waals surface area contributed by atoms with E-state index in [1.807, 2.05) is 23.1 Å². The number of hydrogen-bond donors (Lipinski definition) is 0. The molecule has 0 unspecified atom stereocenters. The van der Waals surface area contributed by atoms with Crippen molar-refractivity contribution in [3.63, 3.8) is 0 Å². The molecule has 2 rings (SSSR count). The molecule has 19 heavy (non-hydrogen) atoms. The molecule has 1 fully saturated rings. The standard InChI is InChI=1S/C13H15Br2ClN2O/c14-11-7-10(8-12(15)9-11)13(19)18-5-3-17(2-1-16)4-6-18/h7-9H,1-6H2. The molecule has 0 radical (unpaired) electrons. The van der Waals surface area contributed by atoms with Crippen molar-refractivity contribution in [3.8, 4) is 0 Å².